The van der Waals surface area contributed by atoms with Crippen molar-refractivity contribution < 1.29 is 4.79 Å². The number of hydrogen-bond donors (Lipinski definition) is 2. The van der Waals surface area contributed by atoms with E-state index in [1.54, 1.807) is 0 Å². The van der Waals surface area contributed by atoms with Gasteiger partial charge < -0.3 is 11.5 Å². The molecule has 0 heterocycles. The van der Waals surface area contributed by atoms with Crippen LogP contribution < -0.4 is 11.5 Å². The summed E-state index contributed by atoms with van der Waals surface area (Å²) < 4.78 is 0. The average Bonchev–Trinajstić information content (AvgIpc) is 1.87. The van der Waals surface area contributed by atoms with Crippen LogP contribution >= 0.6 is 0 Å². The summed E-state index contributed by atoms with van der Waals surface area (Å²) >= 11 is 0. The van der Waals surface area contributed by atoms with Crippen LogP contribution in [0.4, 0.5) is 0 Å². The second kappa shape index (κ2) is 3.56. The lowest BCUT2D eigenvalue weighted by atomic mass is 9.84. The van der Waals surface area contributed by atoms with Crippen molar-refractivity contribution in [3.63, 3.8) is 0 Å². The van der Waals surface area contributed by atoms with Crippen LogP contribution in [0.25, 0.3) is 0 Å². The van der Waals surface area contributed by atoms with Crippen LogP contribution in [0.5, 0.6) is 0 Å². The fraction of sp³-hybridized carbons (Fsp3) is 0.857. The molecule has 1 amide bonds. The third kappa shape index (κ3) is 2.82. The lowest BCUT2D eigenvalue weighted by Gasteiger charge is -2.23. The molecule has 3 nitrogen and oxygen atoms in total. The van der Waals surface area contributed by atoms with Crippen LogP contribution in [0.2, 0.25) is 0 Å². The predicted octanol–water partition coefficient (Wildman–Crippen LogP) is 0.237. The number of carbonyl (C=O) groups excluding carboxylic acids is 1. The highest BCUT2D eigenvalue weighted by molar-refractivity contribution is 5.74. The van der Waals surface area contributed by atoms with Crippen molar-refractivity contribution in [3.05, 3.63) is 0 Å². The number of amides is 1. The molecule has 0 radical (unpaired) electrons. The van der Waals surface area contributed by atoms with Gasteiger partial charge >= 0.3 is 0 Å². The number of hydrogen-bond acceptors (Lipinski definition) is 2. The van der Waals surface area contributed by atoms with Crippen LogP contribution in [0, 0.1) is 5.41 Å². The van der Waals surface area contributed by atoms with Gasteiger partial charge in [-0.1, -0.05) is 13.8 Å². The van der Waals surface area contributed by atoms with Crippen molar-refractivity contribution in [2.75, 3.05) is 6.54 Å². The maximum Gasteiger partial charge on any atom is 0.218 e. The zero-order valence-corrected chi connectivity index (χ0v) is 6.68. The van der Waals surface area contributed by atoms with Gasteiger partial charge in [-0.3, -0.25) is 4.79 Å². The minimum absolute atomic E-state index is 0.0914. The van der Waals surface area contributed by atoms with E-state index in [-0.39, 0.29) is 11.3 Å². The molecule has 0 aromatic rings. The van der Waals surface area contributed by atoms with Crippen molar-refractivity contribution in [1.29, 1.82) is 0 Å². The highest BCUT2D eigenvalue weighted by Gasteiger charge is 2.21. The number of primary amides is 1. The third-order valence-corrected chi connectivity index (χ3v) is 1.95. The first-order valence-corrected chi connectivity index (χ1v) is 3.52. The standard InChI is InChI=1S/C7H16N2O/c1-3-7(2,5-8)4-6(9)10/h3-5,8H2,1-2H3,(H2,9,10). The van der Waals surface area contributed by atoms with Gasteiger partial charge in [-0.15, -0.1) is 0 Å². The van der Waals surface area contributed by atoms with Crippen LogP contribution in [0.1, 0.15) is 26.7 Å². The zero-order valence-electron chi connectivity index (χ0n) is 6.68. The number of nitrogens with two attached hydrogens (primary N) is 2. The molecule has 0 bridgehead atoms. The molecule has 1 atom stereocenters. The van der Waals surface area contributed by atoms with Gasteiger partial charge in [0.1, 0.15) is 0 Å². The Morgan fingerprint density at radius 1 is 1.60 bits per heavy atom. The van der Waals surface area contributed by atoms with E-state index in [1.807, 2.05) is 13.8 Å². The molecular formula is C7H16N2O. The highest BCUT2D eigenvalue weighted by atomic mass is 16.1. The smallest absolute Gasteiger partial charge is 0.218 e. The Hall–Kier alpha value is -0.570. The topological polar surface area (TPSA) is 69.1 Å². The number of rotatable bonds is 4. The van der Waals surface area contributed by atoms with E-state index in [0.717, 1.165) is 6.42 Å². The first kappa shape index (κ1) is 9.43. The lowest BCUT2D eigenvalue weighted by molar-refractivity contribution is -0.120. The lowest BCUT2D eigenvalue weighted by Crippen LogP contribution is -2.31. The van der Waals surface area contributed by atoms with Gasteiger partial charge in [-0.05, 0) is 18.4 Å². The molecule has 3 heteroatoms. The Morgan fingerprint density at radius 2 is 2.10 bits per heavy atom. The summed E-state index contributed by atoms with van der Waals surface area (Å²) in [5, 5.41) is 0. The fourth-order valence-corrected chi connectivity index (χ4v) is 0.762. The SMILES string of the molecule is CCC(C)(CN)CC(N)=O. The molecule has 0 saturated heterocycles. The van der Waals surface area contributed by atoms with Crippen molar-refractivity contribution in [2.45, 2.75) is 26.7 Å². The van der Waals surface area contributed by atoms with Gasteiger partial charge in [0.2, 0.25) is 5.91 Å². The second-order valence-electron chi connectivity index (χ2n) is 3.01. The van der Waals surface area contributed by atoms with Crippen LogP contribution in [0.3, 0.4) is 0 Å². The molecule has 0 saturated carbocycles. The molecule has 0 spiro atoms. The van der Waals surface area contributed by atoms with E-state index in [2.05, 4.69) is 0 Å². The Balaban J connectivity index is 3.92. The molecule has 0 aromatic heterocycles. The molecule has 0 fully saturated rings. The molecule has 0 aliphatic heterocycles. The van der Waals surface area contributed by atoms with E-state index >= 15 is 0 Å². The molecule has 0 aromatic carbocycles. The summed E-state index contributed by atoms with van der Waals surface area (Å²) in [6, 6.07) is 0. The Kier molecular flexibility index (Phi) is 3.36. The summed E-state index contributed by atoms with van der Waals surface area (Å²) in [6.07, 6.45) is 1.28. The van der Waals surface area contributed by atoms with Crippen molar-refractivity contribution in [2.24, 2.45) is 16.9 Å². The summed E-state index contributed by atoms with van der Waals surface area (Å²) in [4.78, 5) is 10.5. The monoisotopic (exact) mass is 144 g/mol. The van der Waals surface area contributed by atoms with Crippen molar-refractivity contribution in [3.8, 4) is 0 Å². The summed E-state index contributed by atoms with van der Waals surface area (Å²) in [7, 11) is 0. The van der Waals surface area contributed by atoms with E-state index in [4.69, 9.17) is 11.5 Å². The Morgan fingerprint density at radius 3 is 2.20 bits per heavy atom. The molecule has 4 N–H and O–H groups in total. The highest BCUT2D eigenvalue weighted by Crippen LogP contribution is 2.22. The molecular weight excluding hydrogens is 128 g/mol. The first-order chi connectivity index (χ1) is 4.54. The average molecular weight is 144 g/mol. The molecule has 1 unspecified atom stereocenters. The van der Waals surface area contributed by atoms with E-state index in [1.165, 1.54) is 0 Å². The van der Waals surface area contributed by atoms with Gasteiger partial charge in [0, 0.05) is 6.42 Å². The summed E-state index contributed by atoms with van der Waals surface area (Å²) in [6.45, 7) is 4.50. The Bertz CT molecular complexity index is 119. The predicted molar refractivity (Wildman–Crippen MR) is 41.3 cm³/mol. The largest absolute Gasteiger partial charge is 0.370 e. The van der Waals surface area contributed by atoms with Gasteiger partial charge in [0.15, 0.2) is 0 Å². The van der Waals surface area contributed by atoms with Crippen LogP contribution in [-0.2, 0) is 4.79 Å². The minimum atomic E-state index is -0.269. The maximum absolute atomic E-state index is 10.5. The second-order valence-corrected chi connectivity index (χ2v) is 3.01. The Labute approximate surface area is 61.8 Å². The van der Waals surface area contributed by atoms with Crippen molar-refractivity contribution >= 4 is 5.91 Å². The van der Waals surface area contributed by atoms with Crippen molar-refractivity contribution in [1.82, 2.24) is 0 Å². The summed E-state index contributed by atoms with van der Waals surface area (Å²) in [5.41, 5.74) is 10.4. The van der Waals surface area contributed by atoms with E-state index in [0.29, 0.717) is 13.0 Å². The normalized spacial score (nSPS) is 16.3. The van der Waals surface area contributed by atoms with Gasteiger partial charge in [0.05, 0.1) is 0 Å². The molecule has 0 aliphatic carbocycles. The molecule has 60 valence electrons. The molecule has 0 rings (SSSR count). The fourth-order valence-electron chi connectivity index (χ4n) is 0.762. The van der Waals surface area contributed by atoms with Gasteiger partial charge in [-0.25, -0.2) is 0 Å². The van der Waals surface area contributed by atoms with E-state index < -0.39 is 0 Å². The van der Waals surface area contributed by atoms with E-state index in [9.17, 15) is 4.79 Å². The summed E-state index contributed by atoms with van der Waals surface area (Å²) in [5.74, 6) is -0.269. The van der Waals surface area contributed by atoms with Crippen LogP contribution in [-0.4, -0.2) is 12.5 Å². The quantitative estimate of drug-likeness (QED) is 0.593. The minimum Gasteiger partial charge on any atom is -0.370 e. The zero-order chi connectivity index (χ0) is 8.20. The maximum atomic E-state index is 10.5. The first-order valence-electron chi connectivity index (χ1n) is 3.52. The van der Waals surface area contributed by atoms with Gasteiger partial charge in [0.25, 0.3) is 0 Å². The molecule has 10 heavy (non-hydrogen) atoms. The number of carbonyl (C=O) groups is 1. The van der Waals surface area contributed by atoms with Crippen LogP contribution in [0.15, 0.2) is 0 Å². The van der Waals surface area contributed by atoms with Gasteiger partial charge in [-0.2, -0.15) is 0 Å². The third-order valence-electron chi connectivity index (χ3n) is 1.95. The molecule has 0 aliphatic rings.